The van der Waals surface area contributed by atoms with Crippen molar-refractivity contribution in [2.75, 3.05) is 19.6 Å². The molecule has 0 aliphatic carbocycles. The zero-order chi connectivity index (χ0) is 13.8. The summed E-state index contributed by atoms with van der Waals surface area (Å²) in [5.41, 5.74) is 0.563. The summed E-state index contributed by atoms with van der Waals surface area (Å²) in [7, 11) is 0. The number of rotatable bonds is 4. The van der Waals surface area contributed by atoms with Crippen LogP contribution in [0.4, 0.5) is 5.69 Å². The Balaban J connectivity index is 1.94. The lowest BCUT2D eigenvalue weighted by Gasteiger charge is -2.29. The van der Waals surface area contributed by atoms with E-state index >= 15 is 0 Å². The van der Waals surface area contributed by atoms with Gasteiger partial charge in [0.25, 0.3) is 5.69 Å². The molecule has 5 heteroatoms. The van der Waals surface area contributed by atoms with E-state index in [9.17, 15) is 14.9 Å². The van der Waals surface area contributed by atoms with Gasteiger partial charge in [0.15, 0.2) is 5.78 Å². The van der Waals surface area contributed by atoms with Gasteiger partial charge in [-0.05, 0) is 44.0 Å². The van der Waals surface area contributed by atoms with Crippen LogP contribution in [-0.2, 0) is 0 Å². The zero-order valence-corrected chi connectivity index (χ0v) is 11.0. The third-order valence-electron chi connectivity index (χ3n) is 3.64. The summed E-state index contributed by atoms with van der Waals surface area (Å²) in [6.45, 7) is 4.56. The minimum atomic E-state index is -0.458. The van der Waals surface area contributed by atoms with Crippen LogP contribution in [0.3, 0.4) is 0 Å². The van der Waals surface area contributed by atoms with Crippen LogP contribution >= 0.6 is 0 Å². The highest BCUT2D eigenvalue weighted by Crippen LogP contribution is 2.17. The smallest absolute Gasteiger partial charge is 0.269 e. The third kappa shape index (κ3) is 3.61. The number of likely N-dealkylation sites (tertiary alicyclic amines) is 1. The van der Waals surface area contributed by atoms with Gasteiger partial charge in [0.2, 0.25) is 0 Å². The van der Waals surface area contributed by atoms with Crippen LogP contribution in [-0.4, -0.2) is 35.2 Å². The Morgan fingerprint density at radius 2 is 1.89 bits per heavy atom. The second-order valence-electron chi connectivity index (χ2n) is 5.19. The number of Topliss-reactive ketones (excluding diaryl/α,β-unsaturated/α-hetero) is 1. The number of ketones is 1. The lowest BCUT2D eigenvalue weighted by atomic mass is 9.99. The summed E-state index contributed by atoms with van der Waals surface area (Å²) in [4.78, 5) is 24.3. The molecule has 102 valence electrons. The second kappa shape index (κ2) is 5.93. The first-order valence-corrected chi connectivity index (χ1v) is 6.56. The van der Waals surface area contributed by atoms with Crippen LogP contribution < -0.4 is 0 Å². The van der Waals surface area contributed by atoms with E-state index in [1.54, 1.807) is 0 Å². The molecular weight excluding hydrogens is 244 g/mol. The van der Waals surface area contributed by atoms with E-state index in [1.807, 2.05) is 0 Å². The molecule has 0 N–H and O–H groups in total. The summed E-state index contributed by atoms with van der Waals surface area (Å²) < 4.78 is 0. The van der Waals surface area contributed by atoms with Gasteiger partial charge < -0.3 is 0 Å². The molecule has 0 aromatic heterocycles. The molecule has 19 heavy (non-hydrogen) atoms. The van der Waals surface area contributed by atoms with E-state index in [2.05, 4.69) is 11.8 Å². The summed E-state index contributed by atoms with van der Waals surface area (Å²) >= 11 is 0. The summed E-state index contributed by atoms with van der Waals surface area (Å²) in [5.74, 6) is 0.773. The molecule has 2 rings (SSSR count). The molecule has 1 aromatic carbocycles. The van der Waals surface area contributed by atoms with Crippen molar-refractivity contribution in [2.24, 2.45) is 5.92 Å². The average Bonchev–Trinajstić information content (AvgIpc) is 2.41. The third-order valence-corrected chi connectivity index (χ3v) is 3.64. The molecule has 0 saturated carbocycles. The predicted molar refractivity (Wildman–Crippen MR) is 72.3 cm³/mol. The van der Waals surface area contributed by atoms with Gasteiger partial charge >= 0.3 is 0 Å². The first-order valence-electron chi connectivity index (χ1n) is 6.56. The Hall–Kier alpha value is -1.75. The van der Waals surface area contributed by atoms with Crippen molar-refractivity contribution in [3.63, 3.8) is 0 Å². The highest BCUT2D eigenvalue weighted by Gasteiger charge is 2.19. The first-order chi connectivity index (χ1) is 9.06. The minimum absolute atomic E-state index is 0.0170. The van der Waals surface area contributed by atoms with E-state index in [4.69, 9.17) is 0 Å². The second-order valence-corrected chi connectivity index (χ2v) is 5.19. The lowest BCUT2D eigenvalue weighted by molar-refractivity contribution is -0.384. The molecule has 0 amide bonds. The van der Waals surface area contributed by atoms with E-state index in [0.29, 0.717) is 12.1 Å². The summed E-state index contributed by atoms with van der Waals surface area (Å²) in [5, 5.41) is 10.5. The normalized spacial score (nSPS) is 17.3. The Bertz CT molecular complexity index is 462. The minimum Gasteiger partial charge on any atom is -0.296 e. The van der Waals surface area contributed by atoms with Gasteiger partial charge in [-0.3, -0.25) is 19.8 Å². The van der Waals surface area contributed by atoms with E-state index in [1.165, 1.54) is 24.3 Å². The Labute approximate surface area is 112 Å². The maximum Gasteiger partial charge on any atom is 0.269 e. The van der Waals surface area contributed by atoms with Crippen molar-refractivity contribution < 1.29 is 9.72 Å². The van der Waals surface area contributed by atoms with E-state index in [-0.39, 0.29) is 11.5 Å². The number of carbonyl (C=O) groups excluding carboxylic acids is 1. The molecule has 1 aromatic rings. The van der Waals surface area contributed by atoms with Gasteiger partial charge in [0, 0.05) is 17.7 Å². The van der Waals surface area contributed by atoms with Crippen LogP contribution in [0.2, 0.25) is 0 Å². The summed E-state index contributed by atoms with van der Waals surface area (Å²) in [6.07, 6.45) is 2.26. The number of nitrogens with zero attached hydrogens (tertiary/aromatic N) is 2. The number of benzene rings is 1. The molecule has 1 fully saturated rings. The molecule has 5 nitrogen and oxygen atoms in total. The van der Waals surface area contributed by atoms with E-state index < -0.39 is 4.92 Å². The SMILES string of the molecule is CC1CCN(CC(=O)c2ccc([N+](=O)[O-])cc2)CC1. The molecule has 1 heterocycles. The van der Waals surface area contributed by atoms with Gasteiger partial charge in [-0.15, -0.1) is 0 Å². The topological polar surface area (TPSA) is 63.5 Å². The lowest BCUT2D eigenvalue weighted by Crippen LogP contribution is -2.36. The van der Waals surface area contributed by atoms with Crippen molar-refractivity contribution in [3.05, 3.63) is 39.9 Å². The highest BCUT2D eigenvalue weighted by atomic mass is 16.6. The fourth-order valence-electron chi connectivity index (χ4n) is 2.28. The van der Waals surface area contributed by atoms with Crippen LogP contribution in [0.15, 0.2) is 24.3 Å². The zero-order valence-electron chi connectivity index (χ0n) is 11.0. The molecule has 1 saturated heterocycles. The van der Waals surface area contributed by atoms with Crippen LogP contribution in [0.1, 0.15) is 30.1 Å². The standard InChI is InChI=1S/C14H18N2O3/c1-11-6-8-15(9-7-11)10-14(17)12-2-4-13(5-3-12)16(18)19/h2-5,11H,6-10H2,1H3. The number of non-ortho nitro benzene ring substituents is 1. The Morgan fingerprint density at radius 1 is 1.32 bits per heavy atom. The van der Waals surface area contributed by atoms with Crippen molar-refractivity contribution in [1.82, 2.24) is 4.90 Å². The molecule has 1 aliphatic rings. The molecule has 1 aliphatic heterocycles. The molecule has 0 radical (unpaired) electrons. The van der Waals surface area contributed by atoms with Crippen LogP contribution in [0, 0.1) is 16.0 Å². The van der Waals surface area contributed by atoms with Crippen molar-refractivity contribution >= 4 is 11.5 Å². The maximum absolute atomic E-state index is 12.1. The Morgan fingerprint density at radius 3 is 2.42 bits per heavy atom. The molecule has 0 spiro atoms. The highest BCUT2D eigenvalue weighted by molar-refractivity contribution is 5.97. The monoisotopic (exact) mass is 262 g/mol. The fourth-order valence-corrected chi connectivity index (χ4v) is 2.28. The van der Waals surface area contributed by atoms with Crippen LogP contribution in [0.25, 0.3) is 0 Å². The van der Waals surface area contributed by atoms with Crippen molar-refractivity contribution in [2.45, 2.75) is 19.8 Å². The average molecular weight is 262 g/mol. The molecule has 0 unspecified atom stereocenters. The van der Waals surface area contributed by atoms with Gasteiger partial charge in [0.05, 0.1) is 11.5 Å². The van der Waals surface area contributed by atoms with Crippen molar-refractivity contribution in [3.8, 4) is 0 Å². The predicted octanol–water partition coefficient (Wildman–Crippen LogP) is 2.51. The maximum atomic E-state index is 12.1. The van der Waals surface area contributed by atoms with Gasteiger partial charge in [-0.2, -0.15) is 0 Å². The molecule has 0 atom stereocenters. The summed E-state index contributed by atoms with van der Waals surface area (Å²) in [6, 6.07) is 5.83. The number of carbonyl (C=O) groups is 1. The number of hydrogen-bond acceptors (Lipinski definition) is 4. The largest absolute Gasteiger partial charge is 0.296 e. The van der Waals surface area contributed by atoms with Crippen LogP contribution in [0.5, 0.6) is 0 Å². The van der Waals surface area contributed by atoms with Crippen molar-refractivity contribution in [1.29, 1.82) is 0 Å². The van der Waals surface area contributed by atoms with Gasteiger partial charge in [-0.25, -0.2) is 0 Å². The number of nitro benzene ring substituents is 1. The number of hydrogen-bond donors (Lipinski definition) is 0. The first kappa shape index (κ1) is 13.7. The number of piperidine rings is 1. The quantitative estimate of drug-likeness (QED) is 0.475. The Kier molecular flexibility index (Phi) is 4.27. The van der Waals surface area contributed by atoms with Gasteiger partial charge in [-0.1, -0.05) is 6.92 Å². The molecular formula is C14H18N2O3. The fraction of sp³-hybridized carbons (Fsp3) is 0.500. The van der Waals surface area contributed by atoms with E-state index in [0.717, 1.165) is 31.8 Å². The van der Waals surface area contributed by atoms with Gasteiger partial charge in [0.1, 0.15) is 0 Å². The molecule has 0 bridgehead atoms. The number of nitro groups is 1.